The first-order valence-corrected chi connectivity index (χ1v) is 9.53. The molecule has 0 N–H and O–H groups in total. The van der Waals surface area contributed by atoms with Gasteiger partial charge >= 0.3 is 0 Å². The van der Waals surface area contributed by atoms with Gasteiger partial charge in [-0.3, -0.25) is 0 Å². The normalized spacial score (nSPS) is 12.4. The number of unbranched alkanes of at least 4 members (excludes halogenated alkanes) is 5. The minimum absolute atomic E-state index is 0.254. The van der Waals surface area contributed by atoms with Crippen molar-refractivity contribution in [2.24, 2.45) is 0 Å². The van der Waals surface area contributed by atoms with E-state index in [0.717, 1.165) is 17.0 Å². The zero-order chi connectivity index (χ0) is 15.7. The van der Waals surface area contributed by atoms with Crippen LogP contribution in [0.3, 0.4) is 0 Å². The first-order chi connectivity index (χ1) is 10.1. The third kappa shape index (κ3) is 6.80. The quantitative estimate of drug-likeness (QED) is 0.293. The summed E-state index contributed by atoms with van der Waals surface area (Å²) in [6.45, 7) is 4.76. The molecule has 0 aliphatic rings. The average Bonchev–Trinajstić information content (AvgIpc) is 2.46. The molecule has 0 saturated carbocycles. The van der Waals surface area contributed by atoms with E-state index in [1.165, 1.54) is 38.5 Å². The summed E-state index contributed by atoms with van der Waals surface area (Å²) < 4.78 is 5.46. The molecule has 0 amide bonds. The van der Waals surface area contributed by atoms with Crippen LogP contribution in [0.1, 0.15) is 69.2 Å². The average molecular weight is 396 g/mol. The molecule has 1 nitrogen and oxygen atoms in total. The molecule has 0 aliphatic heterocycles. The molecule has 1 rings (SSSR count). The number of hydrogen-bond acceptors (Lipinski definition) is 1. The summed E-state index contributed by atoms with van der Waals surface area (Å²) in [5, 5.41) is 1.35. The summed E-state index contributed by atoms with van der Waals surface area (Å²) in [6, 6.07) is 3.74. The molecule has 21 heavy (non-hydrogen) atoms. The summed E-state index contributed by atoms with van der Waals surface area (Å²) >= 11 is 16.3. The van der Waals surface area contributed by atoms with Crippen molar-refractivity contribution in [1.82, 2.24) is 0 Å². The van der Waals surface area contributed by atoms with Gasteiger partial charge < -0.3 is 4.74 Å². The molecule has 1 atom stereocenters. The van der Waals surface area contributed by atoms with Gasteiger partial charge in [0, 0.05) is 15.9 Å². The van der Waals surface area contributed by atoms with Crippen molar-refractivity contribution in [3.05, 3.63) is 27.7 Å². The first-order valence-electron chi connectivity index (χ1n) is 7.85. The molecule has 4 heteroatoms. The maximum atomic E-state index is 6.34. The molecule has 0 aromatic heterocycles. The summed E-state index contributed by atoms with van der Waals surface area (Å²) in [6.07, 6.45) is 8.88. The SMILES string of the molecule is CCCCCCCCC(Br)c1cc(Cl)c(OCC)cc1Cl. The Hall–Kier alpha value is 0.0800. The lowest BCUT2D eigenvalue weighted by Crippen LogP contribution is -1.96. The van der Waals surface area contributed by atoms with E-state index in [0.29, 0.717) is 17.4 Å². The topological polar surface area (TPSA) is 9.23 Å². The van der Waals surface area contributed by atoms with E-state index < -0.39 is 0 Å². The van der Waals surface area contributed by atoms with Gasteiger partial charge in [0.1, 0.15) is 5.75 Å². The first kappa shape index (κ1) is 19.1. The van der Waals surface area contributed by atoms with Crippen molar-refractivity contribution >= 4 is 39.1 Å². The molecule has 1 unspecified atom stereocenters. The molecule has 0 heterocycles. The van der Waals surface area contributed by atoms with E-state index in [-0.39, 0.29) is 4.83 Å². The molecule has 0 radical (unpaired) electrons. The number of halogens is 3. The van der Waals surface area contributed by atoms with Crippen molar-refractivity contribution in [3.8, 4) is 5.75 Å². The summed E-state index contributed by atoms with van der Waals surface area (Å²) in [7, 11) is 0. The Morgan fingerprint density at radius 1 is 1.00 bits per heavy atom. The van der Waals surface area contributed by atoms with E-state index >= 15 is 0 Å². The Morgan fingerprint density at radius 3 is 2.33 bits per heavy atom. The van der Waals surface area contributed by atoms with Gasteiger partial charge in [-0.15, -0.1) is 0 Å². The van der Waals surface area contributed by atoms with Gasteiger partial charge in [-0.05, 0) is 25.0 Å². The third-order valence-electron chi connectivity index (χ3n) is 3.50. The largest absolute Gasteiger partial charge is 0.492 e. The maximum Gasteiger partial charge on any atom is 0.139 e. The third-order valence-corrected chi connectivity index (χ3v) is 5.07. The van der Waals surface area contributed by atoms with Crippen molar-refractivity contribution in [2.45, 2.75) is 63.6 Å². The van der Waals surface area contributed by atoms with Crippen LogP contribution in [0.5, 0.6) is 5.75 Å². The number of rotatable bonds is 10. The van der Waals surface area contributed by atoms with Gasteiger partial charge in [0.25, 0.3) is 0 Å². The standard InChI is InChI=1S/C17H25BrCl2O/c1-3-5-6-7-8-9-10-14(18)13-11-16(20)17(21-4-2)12-15(13)19/h11-12,14H,3-10H2,1-2H3. The van der Waals surface area contributed by atoms with Crippen LogP contribution < -0.4 is 4.74 Å². The highest BCUT2D eigenvalue weighted by Gasteiger charge is 2.15. The predicted molar refractivity (Wildman–Crippen MR) is 97.3 cm³/mol. The monoisotopic (exact) mass is 394 g/mol. The summed E-state index contributed by atoms with van der Waals surface area (Å²) in [5.74, 6) is 0.659. The van der Waals surface area contributed by atoms with E-state index in [4.69, 9.17) is 27.9 Å². The highest BCUT2D eigenvalue weighted by atomic mass is 79.9. The second-order valence-corrected chi connectivity index (χ2v) is 7.18. The Balaban J connectivity index is 2.50. The van der Waals surface area contributed by atoms with Crippen LogP contribution in [-0.4, -0.2) is 6.61 Å². The molecule has 1 aromatic carbocycles. The fourth-order valence-corrected chi connectivity index (χ4v) is 3.66. The molecule has 0 bridgehead atoms. The Bertz CT molecular complexity index is 423. The number of hydrogen-bond donors (Lipinski definition) is 0. The molecule has 0 saturated heterocycles. The van der Waals surface area contributed by atoms with Crippen molar-refractivity contribution in [2.75, 3.05) is 6.61 Å². The van der Waals surface area contributed by atoms with Crippen molar-refractivity contribution in [3.63, 3.8) is 0 Å². The molecule has 120 valence electrons. The van der Waals surface area contributed by atoms with E-state index in [9.17, 15) is 0 Å². The van der Waals surface area contributed by atoms with Crippen molar-refractivity contribution in [1.29, 1.82) is 0 Å². The van der Waals surface area contributed by atoms with Crippen LogP contribution in [0.15, 0.2) is 12.1 Å². The minimum atomic E-state index is 0.254. The van der Waals surface area contributed by atoms with Crippen LogP contribution >= 0.6 is 39.1 Å². The predicted octanol–water partition coefficient (Wildman–Crippen LogP) is 7.58. The second-order valence-electron chi connectivity index (χ2n) is 5.26. The smallest absolute Gasteiger partial charge is 0.139 e. The molecule has 0 spiro atoms. The van der Waals surface area contributed by atoms with Gasteiger partial charge in [-0.1, -0.05) is 84.6 Å². The Labute approximate surface area is 147 Å². The van der Waals surface area contributed by atoms with Gasteiger partial charge in [0.2, 0.25) is 0 Å². The van der Waals surface area contributed by atoms with E-state index in [1.807, 2.05) is 19.1 Å². The van der Waals surface area contributed by atoms with E-state index in [2.05, 4.69) is 22.9 Å². The molecule has 1 aromatic rings. The van der Waals surface area contributed by atoms with Crippen LogP contribution in [0.25, 0.3) is 0 Å². The lowest BCUT2D eigenvalue weighted by atomic mass is 10.0. The van der Waals surface area contributed by atoms with Crippen LogP contribution in [0.4, 0.5) is 0 Å². The fourth-order valence-electron chi connectivity index (χ4n) is 2.31. The lowest BCUT2D eigenvalue weighted by molar-refractivity contribution is 0.340. The summed E-state index contributed by atoms with van der Waals surface area (Å²) in [5.41, 5.74) is 1.05. The Morgan fingerprint density at radius 2 is 1.67 bits per heavy atom. The number of benzene rings is 1. The van der Waals surface area contributed by atoms with Crippen LogP contribution in [-0.2, 0) is 0 Å². The number of alkyl halides is 1. The van der Waals surface area contributed by atoms with E-state index in [1.54, 1.807) is 0 Å². The van der Waals surface area contributed by atoms with Crippen LogP contribution in [0.2, 0.25) is 10.0 Å². The Kier molecular flexibility index (Phi) is 9.79. The highest BCUT2D eigenvalue weighted by Crippen LogP contribution is 2.39. The fraction of sp³-hybridized carbons (Fsp3) is 0.647. The summed E-state index contributed by atoms with van der Waals surface area (Å²) in [4.78, 5) is 0.254. The molecular formula is C17H25BrCl2O. The highest BCUT2D eigenvalue weighted by molar-refractivity contribution is 9.09. The van der Waals surface area contributed by atoms with Crippen molar-refractivity contribution < 1.29 is 4.74 Å². The number of ether oxygens (including phenoxy) is 1. The van der Waals surface area contributed by atoms with Gasteiger partial charge in [-0.25, -0.2) is 0 Å². The maximum absolute atomic E-state index is 6.34. The van der Waals surface area contributed by atoms with Crippen LogP contribution in [0, 0.1) is 0 Å². The molecular weight excluding hydrogens is 371 g/mol. The zero-order valence-electron chi connectivity index (χ0n) is 12.9. The lowest BCUT2D eigenvalue weighted by Gasteiger charge is -2.15. The van der Waals surface area contributed by atoms with Gasteiger partial charge in [-0.2, -0.15) is 0 Å². The minimum Gasteiger partial charge on any atom is -0.492 e. The molecule has 0 fully saturated rings. The second kappa shape index (κ2) is 10.7. The van der Waals surface area contributed by atoms with Gasteiger partial charge in [0.05, 0.1) is 11.6 Å². The molecule has 0 aliphatic carbocycles. The zero-order valence-corrected chi connectivity index (χ0v) is 16.0. The van der Waals surface area contributed by atoms with Gasteiger partial charge in [0.15, 0.2) is 0 Å².